The van der Waals surface area contributed by atoms with Gasteiger partial charge in [-0.25, -0.2) is 14.7 Å². The molecule has 14 heteroatoms. The van der Waals surface area contributed by atoms with Gasteiger partial charge in [0.1, 0.15) is 5.52 Å². The molecular weight excluding hydrogens is 766 g/mol. The Morgan fingerprint density at radius 3 is 2.45 bits per heavy atom. The molecule has 0 bridgehead atoms. The summed E-state index contributed by atoms with van der Waals surface area (Å²) in [5.74, 6) is -1.59. The third kappa shape index (κ3) is 14.5. The number of hydrogen-bond donors (Lipinski definition) is 1. The zero-order valence-corrected chi connectivity index (χ0v) is 34.0. The molecule has 2 aromatic heterocycles. The number of aromatic nitrogens is 4. The van der Waals surface area contributed by atoms with Gasteiger partial charge in [-0.05, 0) is 73.0 Å². The Labute approximate surface area is 333 Å². The van der Waals surface area contributed by atoms with Gasteiger partial charge in [-0.1, -0.05) is 70.3 Å². The largest absolute Gasteiger partial charge is 0.465 e. The Balaban J connectivity index is 1.15. The van der Waals surface area contributed by atoms with Crippen LogP contribution < -0.4 is 5.32 Å². The Hall–Kier alpha value is -4.59. The quantitative estimate of drug-likeness (QED) is 0.0426. The number of carbonyl (C=O) groups is 3. The first-order valence-corrected chi connectivity index (χ1v) is 20.3. The summed E-state index contributed by atoms with van der Waals surface area (Å²) >= 11 is 3.56. The highest BCUT2D eigenvalue weighted by atomic mass is 79.9. The zero-order chi connectivity index (χ0) is 39.3. The summed E-state index contributed by atoms with van der Waals surface area (Å²) in [6, 6.07) is 3.63. The van der Waals surface area contributed by atoms with Gasteiger partial charge in [-0.2, -0.15) is 0 Å². The van der Waals surface area contributed by atoms with Crippen LogP contribution in [0.5, 0.6) is 0 Å². The molecule has 1 aromatic carbocycles. The van der Waals surface area contributed by atoms with Crippen LogP contribution in [0.2, 0.25) is 0 Å². The molecular formula is C41H56BrN7O6. The minimum absolute atomic E-state index is 0.0511. The second-order valence-corrected chi connectivity index (χ2v) is 14.5. The first-order valence-electron chi connectivity index (χ1n) is 19.5. The van der Waals surface area contributed by atoms with Crippen LogP contribution >= 0.6 is 15.9 Å². The molecule has 1 aliphatic heterocycles. The lowest BCUT2D eigenvalue weighted by Crippen LogP contribution is -2.39. The average molecular weight is 823 g/mol. The molecule has 0 saturated heterocycles. The number of guanidine groups is 1. The van der Waals surface area contributed by atoms with Crippen LogP contribution in [0.4, 0.5) is 10.5 Å². The number of allylic oxidation sites excluding steroid dienone is 4. The van der Waals surface area contributed by atoms with Gasteiger partial charge in [0.2, 0.25) is 12.8 Å². The number of imidazole rings is 1. The summed E-state index contributed by atoms with van der Waals surface area (Å²) in [5, 5.41) is 3.15. The van der Waals surface area contributed by atoms with Crippen molar-refractivity contribution in [2.45, 2.75) is 97.3 Å². The van der Waals surface area contributed by atoms with Crippen molar-refractivity contribution in [1.29, 1.82) is 0 Å². The van der Waals surface area contributed by atoms with Gasteiger partial charge in [0.25, 0.3) is 0 Å². The summed E-state index contributed by atoms with van der Waals surface area (Å²) < 4.78 is 18.9. The molecule has 1 amide bonds. The van der Waals surface area contributed by atoms with Crippen LogP contribution in [-0.4, -0.2) is 74.9 Å². The number of nitrogens with zero attached hydrogens (tertiary/aromatic N) is 6. The van der Waals surface area contributed by atoms with Crippen LogP contribution in [0, 0.1) is 11.8 Å². The fourth-order valence-corrected chi connectivity index (χ4v) is 6.61. The number of fused-ring (bicyclic) bond motifs is 1. The van der Waals surface area contributed by atoms with Crippen molar-refractivity contribution in [3.63, 3.8) is 0 Å². The Bertz CT molecular complexity index is 1760. The van der Waals surface area contributed by atoms with Gasteiger partial charge < -0.3 is 24.1 Å². The molecule has 0 saturated carbocycles. The molecule has 298 valence electrons. The first kappa shape index (κ1) is 43.1. The Morgan fingerprint density at radius 1 is 0.945 bits per heavy atom. The molecule has 55 heavy (non-hydrogen) atoms. The number of carbonyl (C=O) groups excluding carboxylic acids is 3. The zero-order valence-electron chi connectivity index (χ0n) is 32.5. The van der Waals surface area contributed by atoms with E-state index in [9.17, 15) is 14.4 Å². The van der Waals surface area contributed by atoms with Crippen molar-refractivity contribution in [3.05, 3.63) is 71.5 Å². The molecule has 1 N–H and O–H groups in total. The molecule has 3 heterocycles. The fourth-order valence-electron chi connectivity index (χ4n) is 6.07. The van der Waals surface area contributed by atoms with Crippen molar-refractivity contribution in [3.8, 4) is 0 Å². The predicted molar refractivity (Wildman–Crippen MR) is 217 cm³/mol. The van der Waals surface area contributed by atoms with Crippen molar-refractivity contribution < 1.29 is 28.6 Å². The number of anilines is 1. The van der Waals surface area contributed by atoms with E-state index in [1.54, 1.807) is 31.8 Å². The molecule has 4 rings (SSSR count). The van der Waals surface area contributed by atoms with E-state index < -0.39 is 24.8 Å². The highest BCUT2D eigenvalue weighted by molar-refractivity contribution is 9.10. The third-order valence-electron chi connectivity index (χ3n) is 9.53. The summed E-state index contributed by atoms with van der Waals surface area (Å²) in [6.07, 6.45) is 27.9. The maximum atomic E-state index is 13.2. The molecule has 0 fully saturated rings. The van der Waals surface area contributed by atoms with Crippen LogP contribution in [0.1, 0.15) is 96.6 Å². The van der Waals surface area contributed by atoms with E-state index in [2.05, 4.69) is 72.4 Å². The minimum atomic E-state index is -0.713. The van der Waals surface area contributed by atoms with Gasteiger partial charge >= 0.3 is 18.0 Å². The number of rotatable bonds is 23. The second kappa shape index (κ2) is 24.0. The lowest BCUT2D eigenvalue weighted by molar-refractivity contribution is -0.161. The van der Waals surface area contributed by atoms with Crippen molar-refractivity contribution in [2.75, 3.05) is 31.8 Å². The van der Waals surface area contributed by atoms with Gasteiger partial charge in [0.05, 0.1) is 47.6 Å². The van der Waals surface area contributed by atoms with Crippen LogP contribution in [0.3, 0.4) is 0 Å². The molecule has 1 aliphatic rings. The molecule has 0 spiro atoms. The smallest absolute Gasteiger partial charge is 0.419 e. The third-order valence-corrected chi connectivity index (χ3v) is 10.3. The highest BCUT2D eigenvalue weighted by Gasteiger charge is 2.30. The fraction of sp³-hybridized carbons (Fsp3) is 0.537. The maximum Gasteiger partial charge on any atom is 0.419 e. The summed E-state index contributed by atoms with van der Waals surface area (Å²) in [4.78, 5) is 57.4. The van der Waals surface area contributed by atoms with Gasteiger partial charge in [-0.3, -0.25) is 24.5 Å². The monoisotopic (exact) mass is 821 g/mol. The molecule has 1 unspecified atom stereocenters. The van der Waals surface area contributed by atoms with Gasteiger partial charge in [0.15, 0.2) is 0 Å². The standard InChI is InChI=1S/C41H56BrN7O6/c1-4-5-6-7-8-9-10-11-12-13-14-15-16-17-18-19-36(50)53-28-32(26-33-27-43-29-48(33)3)31(2)39(51)54-30-55-41(52)49-25-24-46-40(49)47-34-20-21-35-38(37(34)42)45-23-22-44-35/h8-9,11-12,20-23,27,29,31-32H,4-7,10,13-19,24-26,28,30H2,1-3H3,(H,46,47)/b9-8-,12-11-/t31-,32?/m0/s1. The predicted octanol–water partition coefficient (Wildman–Crippen LogP) is 8.70. The van der Waals surface area contributed by atoms with E-state index in [1.807, 2.05) is 23.7 Å². The SMILES string of the molecule is CCCCC/C=C\C/C=C\CCCCCCCC(=O)OCC(Cc1cncn1C)[C@H](C)C(=O)OCOC(=O)N1CCN=C1Nc1ccc2nccnc2c1Br. The van der Waals surface area contributed by atoms with E-state index in [0.717, 1.165) is 50.6 Å². The number of hydrogen-bond acceptors (Lipinski definition) is 11. The second-order valence-electron chi connectivity index (χ2n) is 13.7. The number of ether oxygens (including phenoxy) is 3. The van der Waals surface area contributed by atoms with Crippen LogP contribution in [0.15, 0.2) is 70.8 Å². The normalized spacial score (nSPS) is 14.0. The van der Waals surface area contributed by atoms with Crippen molar-refractivity contribution in [2.24, 2.45) is 23.9 Å². The summed E-state index contributed by atoms with van der Waals surface area (Å²) in [6.45, 7) is 4.10. The highest BCUT2D eigenvalue weighted by Crippen LogP contribution is 2.29. The topological polar surface area (TPSA) is 150 Å². The minimum Gasteiger partial charge on any atom is -0.465 e. The van der Waals surface area contributed by atoms with Crippen LogP contribution in [-0.2, 0) is 37.3 Å². The number of aryl methyl sites for hydroxylation is 1. The molecule has 2 atom stereocenters. The van der Waals surface area contributed by atoms with E-state index in [1.165, 1.54) is 30.6 Å². The number of esters is 2. The van der Waals surface area contributed by atoms with Crippen LogP contribution in [0.25, 0.3) is 11.0 Å². The first-order chi connectivity index (χ1) is 26.8. The lowest BCUT2D eigenvalue weighted by Gasteiger charge is -2.23. The van der Waals surface area contributed by atoms with E-state index in [-0.39, 0.29) is 18.5 Å². The van der Waals surface area contributed by atoms with Crippen molar-refractivity contribution >= 4 is 56.6 Å². The van der Waals surface area contributed by atoms with Crippen molar-refractivity contribution in [1.82, 2.24) is 24.4 Å². The van der Waals surface area contributed by atoms with E-state index in [0.29, 0.717) is 53.1 Å². The number of aliphatic imine (C=N–C) groups is 1. The average Bonchev–Trinajstić information content (AvgIpc) is 3.83. The number of amides is 1. The lowest BCUT2D eigenvalue weighted by atomic mass is 9.90. The van der Waals surface area contributed by atoms with E-state index >= 15 is 0 Å². The van der Waals surface area contributed by atoms with Gasteiger partial charge in [0, 0.05) is 43.7 Å². The Morgan fingerprint density at radius 2 is 1.69 bits per heavy atom. The number of halogens is 1. The number of benzene rings is 1. The maximum absolute atomic E-state index is 13.2. The summed E-state index contributed by atoms with van der Waals surface area (Å²) in [7, 11) is 1.87. The molecule has 3 aromatic rings. The number of unbranched alkanes of at least 4 members (excludes halogenated alkanes) is 8. The molecule has 0 aliphatic carbocycles. The van der Waals surface area contributed by atoms with E-state index in [4.69, 9.17) is 14.2 Å². The molecule has 13 nitrogen and oxygen atoms in total. The number of nitrogens with one attached hydrogen (secondary N) is 1. The van der Waals surface area contributed by atoms with Gasteiger partial charge in [-0.15, -0.1) is 0 Å². The Kier molecular flexibility index (Phi) is 18.9. The summed E-state index contributed by atoms with van der Waals surface area (Å²) in [5.41, 5.74) is 2.92. The molecule has 0 radical (unpaired) electrons.